The van der Waals surface area contributed by atoms with Crippen LogP contribution in [0.5, 0.6) is 0 Å². The number of fused-ring (bicyclic) bond motifs is 1. The first kappa shape index (κ1) is 23.0. The normalized spacial score (nSPS) is 15.7. The van der Waals surface area contributed by atoms with Gasteiger partial charge in [-0.1, -0.05) is 18.5 Å². The quantitative estimate of drug-likeness (QED) is 0.521. The summed E-state index contributed by atoms with van der Waals surface area (Å²) in [5.74, 6) is 0.987. The second-order valence-electron chi connectivity index (χ2n) is 8.36. The van der Waals surface area contributed by atoms with Crippen molar-refractivity contribution in [1.82, 2.24) is 18.8 Å². The Labute approximate surface area is 195 Å². The zero-order chi connectivity index (χ0) is 22.9. The molecule has 0 unspecified atom stereocenters. The standard InChI is InChI=1S/C23H30ClN5O2S/c1-4-11-29-22-10-9-20(32(30,31)26(2)3)16-21(22)25-23(29)17-27-12-14-28(15-13-27)19-7-5-18(24)6-8-19/h5-10,16H,4,11-15,17H2,1-3H3. The third kappa shape index (κ3) is 4.64. The average Bonchev–Trinajstić information content (AvgIpc) is 3.11. The van der Waals surface area contributed by atoms with Crippen LogP contribution in [-0.4, -0.2) is 67.4 Å². The Hall–Kier alpha value is -2.13. The second kappa shape index (κ2) is 9.39. The van der Waals surface area contributed by atoms with Crippen LogP contribution >= 0.6 is 11.6 Å². The van der Waals surface area contributed by atoms with E-state index in [1.165, 1.54) is 9.99 Å². The van der Waals surface area contributed by atoms with Crippen molar-refractivity contribution in [2.24, 2.45) is 0 Å². The van der Waals surface area contributed by atoms with E-state index in [9.17, 15) is 8.42 Å². The highest BCUT2D eigenvalue weighted by Gasteiger charge is 2.22. The maximum absolute atomic E-state index is 12.5. The van der Waals surface area contributed by atoms with Crippen molar-refractivity contribution in [1.29, 1.82) is 0 Å². The number of halogens is 1. The van der Waals surface area contributed by atoms with E-state index in [0.29, 0.717) is 0 Å². The lowest BCUT2D eigenvalue weighted by atomic mass is 10.2. The van der Waals surface area contributed by atoms with Crippen LogP contribution in [0, 0.1) is 0 Å². The molecular formula is C23H30ClN5O2S. The van der Waals surface area contributed by atoms with E-state index >= 15 is 0 Å². The number of aryl methyl sites for hydroxylation is 1. The van der Waals surface area contributed by atoms with Gasteiger partial charge in [0.05, 0.1) is 22.5 Å². The van der Waals surface area contributed by atoms with Gasteiger partial charge in [0.15, 0.2) is 0 Å². The van der Waals surface area contributed by atoms with E-state index in [2.05, 4.69) is 33.4 Å². The summed E-state index contributed by atoms with van der Waals surface area (Å²) in [6, 6.07) is 13.3. The molecule has 2 aromatic carbocycles. The first-order valence-corrected chi connectivity index (χ1v) is 12.8. The smallest absolute Gasteiger partial charge is 0.242 e. The van der Waals surface area contributed by atoms with Crippen molar-refractivity contribution < 1.29 is 8.42 Å². The summed E-state index contributed by atoms with van der Waals surface area (Å²) in [7, 11) is -0.395. The highest BCUT2D eigenvalue weighted by molar-refractivity contribution is 7.89. The Morgan fingerprint density at radius 1 is 1.03 bits per heavy atom. The molecule has 1 saturated heterocycles. The predicted octanol–water partition coefficient (Wildman–Crippen LogP) is 3.67. The van der Waals surface area contributed by atoms with E-state index in [1.54, 1.807) is 26.2 Å². The van der Waals surface area contributed by atoms with Crippen molar-refractivity contribution in [2.45, 2.75) is 31.3 Å². The summed E-state index contributed by atoms with van der Waals surface area (Å²) in [5, 5.41) is 0.753. The molecule has 0 atom stereocenters. The van der Waals surface area contributed by atoms with Crippen molar-refractivity contribution in [2.75, 3.05) is 45.2 Å². The van der Waals surface area contributed by atoms with E-state index in [0.717, 1.165) is 67.6 Å². The van der Waals surface area contributed by atoms with Crippen LogP contribution in [0.2, 0.25) is 5.02 Å². The van der Waals surface area contributed by atoms with Gasteiger partial charge in [-0.2, -0.15) is 0 Å². The van der Waals surface area contributed by atoms with Crippen LogP contribution in [-0.2, 0) is 23.1 Å². The van der Waals surface area contributed by atoms with Gasteiger partial charge in [-0.15, -0.1) is 0 Å². The average molecular weight is 476 g/mol. The number of aromatic nitrogens is 2. The summed E-state index contributed by atoms with van der Waals surface area (Å²) in [5.41, 5.74) is 2.91. The van der Waals surface area contributed by atoms with Gasteiger partial charge in [0.1, 0.15) is 5.82 Å². The molecule has 1 fully saturated rings. The maximum atomic E-state index is 12.5. The molecule has 2 heterocycles. The Morgan fingerprint density at radius 2 is 1.72 bits per heavy atom. The summed E-state index contributed by atoms with van der Waals surface area (Å²) in [4.78, 5) is 9.92. The van der Waals surface area contributed by atoms with Crippen LogP contribution in [0.4, 0.5) is 5.69 Å². The lowest BCUT2D eigenvalue weighted by Crippen LogP contribution is -2.46. The number of hydrogen-bond donors (Lipinski definition) is 0. The molecule has 3 aromatic rings. The van der Waals surface area contributed by atoms with Crippen LogP contribution in [0.1, 0.15) is 19.2 Å². The van der Waals surface area contributed by atoms with Crippen LogP contribution in [0.25, 0.3) is 11.0 Å². The number of piperazine rings is 1. The number of benzene rings is 2. The molecule has 172 valence electrons. The maximum Gasteiger partial charge on any atom is 0.242 e. The van der Waals surface area contributed by atoms with Crippen LogP contribution < -0.4 is 4.90 Å². The number of sulfonamides is 1. The molecule has 0 saturated carbocycles. The van der Waals surface area contributed by atoms with E-state index < -0.39 is 10.0 Å². The van der Waals surface area contributed by atoms with E-state index in [4.69, 9.17) is 16.6 Å². The fourth-order valence-corrected chi connectivity index (χ4v) is 5.19. The number of imidazole rings is 1. The first-order valence-electron chi connectivity index (χ1n) is 10.9. The van der Waals surface area contributed by atoms with Gasteiger partial charge < -0.3 is 9.47 Å². The van der Waals surface area contributed by atoms with Gasteiger partial charge in [-0.25, -0.2) is 17.7 Å². The largest absolute Gasteiger partial charge is 0.369 e. The highest BCUT2D eigenvalue weighted by atomic mass is 35.5. The van der Waals surface area contributed by atoms with Gasteiger partial charge >= 0.3 is 0 Å². The fraction of sp³-hybridized carbons (Fsp3) is 0.435. The Morgan fingerprint density at radius 3 is 2.34 bits per heavy atom. The summed E-state index contributed by atoms with van der Waals surface area (Å²) < 4.78 is 28.6. The highest BCUT2D eigenvalue weighted by Crippen LogP contribution is 2.24. The SMILES string of the molecule is CCCn1c(CN2CCN(c3ccc(Cl)cc3)CC2)nc2cc(S(=O)(=O)N(C)C)ccc21. The number of hydrogen-bond acceptors (Lipinski definition) is 5. The molecule has 0 radical (unpaired) electrons. The topological polar surface area (TPSA) is 61.7 Å². The molecule has 9 heteroatoms. The van der Waals surface area contributed by atoms with Gasteiger partial charge in [-0.3, -0.25) is 4.90 Å². The molecule has 1 aromatic heterocycles. The van der Waals surface area contributed by atoms with Crippen molar-refractivity contribution in [3.63, 3.8) is 0 Å². The molecule has 1 aliphatic heterocycles. The third-order valence-electron chi connectivity index (χ3n) is 5.95. The minimum absolute atomic E-state index is 0.277. The van der Waals surface area contributed by atoms with Gasteiger partial charge in [0.25, 0.3) is 0 Å². The van der Waals surface area contributed by atoms with E-state index in [-0.39, 0.29) is 4.90 Å². The summed E-state index contributed by atoms with van der Waals surface area (Å²) in [6.45, 7) is 7.53. The molecule has 7 nitrogen and oxygen atoms in total. The van der Waals surface area contributed by atoms with Crippen molar-refractivity contribution in [3.8, 4) is 0 Å². The molecule has 0 spiro atoms. The Balaban J connectivity index is 1.53. The van der Waals surface area contributed by atoms with Gasteiger partial charge in [0.2, 0.25) is 10.0 Å². The molecule has 0 aliphatic carbocycles. The Bertz CT molecular complexity index is 1180. The molecule has 1 aliphatic rings. The molecule has 32 heavy (non-hydrogen) atoms. The van der Waals surface area contributed by atoms with Gasteiger partial charge in [0, 0.05) is 57.5 Å². The van der Waals surface area contributed by atoms with E-state index in [1.807, 2.05) is 18.2 Å². The van der Waals surface area contributed by atoms with Crippen LogP contribution in [0.15, 0.2) is 47.4 Å². The number of rotatable bonds is 7. The lowest BCUT2D eigenvalue weighted by molar-refractivity contribution is 0.241. The zero-order valence-electron chi connectivity index (χ0n) is 18.8. The number of nitrogens with zero attached hydrogens (tertiary/aromatic N) is 5. The molecule has 4 rings (SSSR count). The fourth-order valence-electron chi connectivity index (χ4n) is 4.14. The minimum atomic E-state index is -3.49. The zero-order valence-corrected chi connectivity index (χ0v) is 20.4. The molecule has 0 N–H and O–H groups in total. The summed E-state index contributed by atoms with van der Waals surface area (Å²) in [6.07, 6.45) is 0.987. The second-order valence-corrected chi connectivity index (χ2v) is 10.9. The monoisotopic (exact) mass is 475 g/mol. The van der Waals surface area contributed by atoms with Gasteiger partial charge in [-0.05, 0) is 48.9 Å². The van der Waals surface area contributed by atoms with Crippen molar-refractivity contribution in [3.05, 3.63) is 53.3 Å². The van der Waals surface area contributed by atoms with Crippen molar-refractivity contribution >= 4 is 38.3 Å². The molecular weight excluding hydrogens is 446 g/mol. The number of anilines is 1. The molecule has 0 bridgehead atoms. The lowest BCUT2D eigenvalue weighted by Gasteiger charge is -2.36. The first-order chi connectivity index (χ1) is 15.3. The van der Waals surface area contributed by atoms with Crippen LogP contribution in [0.3, 0.4) is 0 Å². The Kier molecular flexibility index (Phi) is 6.76. The summed E-state index contributed by atoms with van der Waals surface area (Å²) >= 11 is 6.02. The minimum Gasteiger partial charge on any atom is -0.369 e. The predicted molar refractivity (Wildman–Crippen MR) is 130 cm³/mol. The third-order valence-corrected chi connectivity index (χ3v) is 8.02. The molecule has 0 amide bonds.